The third-order valence-corrected chi connectivity index (χ3v) is 7.29. The molecule has 1 heterocycles. The van der Waals surface area contributed by atoms with Crippen molar-refractivity contribution in [2.45, 2.75) is 50.3 Å². The van der Waals surface area contributed by atoms with Crippen LogP contribution in [0.25, 0.3) is 0 Å². The number of rotatable bonds is 4. The number of carbonyl (C=O) groups is 2. The van der Waals surface area contributed by atoms with Gasteiger partial charge in [0.05, 0.1) is 24.3 Å². The zero-order valence-electron chi connectivity index (χ0n) is 18.4. The molecule has 0 bridgehead atoms. The number of anilines is 1. The van der Waals surface area contributed by atoms with E-state index in [9.17, 15) is 14.7 Å². The molecule has 2 saturated carbocycles. The Bertz CT molecular complexity index is 813. The molecule has 2 aliphatic carbocycles. The van der Waals surface area contributed by atoms with Crippen molar-refractivity contribution < 1.29 is 19.4 Å². The highest BCUT2D eigenvalue weighted by atomic mass is 16.5. The van der Waals surface area contributed by atoms with E-state index in [1.165, 1.54) is 0 Å². The molecule has 4 rings (SSSR count). The van der Waals surface area contributed by atoms with Gasteiger partial charge in [-0.3, -0.25) is 9.59 Å². The van der Waals surface area contributed by atoms with E-state index in [2.05, 4.69) is 4.90 Å². The molecule has 5 atom stereocenters. The largest absolute Gasteiger partial charge is 0.489 e. The predicted octanol–water partition coefficient (Wildman–Crippen LogP) is 1.98. The Morgan fingerprint density at radius 3 is 2.43 bits per heavy atom. The molecule has 7 heteroatoms. The molecule has 1 aromatic rings. The highest BCUT2D eigenvalue weighted by Gasteiger charge is 2.43. The Labute approximate surface area is 178 Å². The van der Waals surface area contributed by atoms with Crippen LogP contribution < -0.4 is 9.64 Å². The number of amides is 2. The SMILES string of the molecule is CN(C)C(=O)c1ccc2c(c1)N(C)C(CC(=O)N(C)C1C[C@H]3CC(O)C[C@H]3C1)CO2. The number of hydrogen-bond acceptors (Lipinski definition) is 5. The van der Waals surface area contributed by atoms with Crippen LogP contribution in [-0.2, 0) is 4.79 Å². The zero-order chi connectivity index (χ0) is 21.6. The summed E-state index contributed by atoms with van der Waals surface area (Å²) < 4.78 is 5.92. The molecular weight excluding hydrogens is 382 g/mol. The highest BCUT2D eigenvalue weighted by Crippen LogP contribution is 2.45. The van der Waals surface area contributed by atoms with Crippen LogP contribution in [0.5, 0.6) is 5.75 Å². The molecule has 164 valence electrons. The van der Waals surface area contributed by atoms with Crippen LogP contribution in [0.1, 0.15) is 42.5 Å². The molecule has 2 fully saturated rings. The molecule has 30 heavy (non-hydrogen) atoms. The van der Waals surface area contributed by atoms with Gasteiger partial charge in [0.1, 0.15) is 12.4 Å². The summed E-state index contributed by atoms with van der Waals surface area (Å²) in [6.07, 6.45) is 3.99. The van der Waals surface area contributed by atoms with Crippen LogP contribution in [-0.4, -0.2) is 79.7 Å². The Morgan fingerprint density at radius 1 is 1.13 bits per heavy atom. The summed E-state index contributed by atoms with van der Waals surface area (Å²) in [7, 11) is 7.34. The van der Waals surface area contributed by atoms with Crippen molar-refractivity contribution in [3.63, 3.8) is 0 Å². The van der Waals surface area contributed by atoms with Gasteiger partial charge in [-0.25, -0.2) is 0 Å². The minimum Gasteiger partial charge on any atom is -0.489 e. The van der Waals surface area contributed by atoms with E-state index in [-0.39, 0.29) is 30.0 Å². The molecular formula is C23H33N3O4. The summed E-state index contributed by atoms with van der Waals surface area (Å²) in [6, 6.07) is 5.66. The lowest BCUT2D eigenvalue weighted by Gasteiger charge is -2.37. The van der Waals surface area contributed by atoms with Crippen molar-refractivity contribution in [2.24, 2.45) is 11.8 Å². The summed E-state index contributed by atoms with van der Waals surface area (Å²) in [5, 5.41) is 9.86. The van der Waals surface area contributed by atoms with Crippen LogP contribution in [0.3, 0.4) is 0 Å². The number of carbonyl (C=O) groups excluding carboxylic acids is 2. The van der Waals surface area contributed by atoms with Gasteiger partial charge in [-0.05, 0) is 55.7 Å². The van der Waals surface area contributed by atoms with Crippen molar-refractivity contribution >= 4 is 17.5 Å². The van der Waals surface area contributed by atoms with Crippen molar-refractivity contribution in [1.82, 2.24) is 9.80 Å². The fourth-order valence-electron chi connectivity index (χ4n) is 5.41. The van der Waals surface area contributed by atoms with Gasteiger partial charge in [-0.2, -0.15) is 0 Å². The van der Waals surface area contributed by atoms with E-state index in [0.717, 1.165) is 37.1 Å². The van der Waals surface area contributed by atoms with Crippen LogP contribution >= 0.6 is 0 Å². The third kappa shape index (κ3) is 3.87. The second-order valence-electron chi connectivity index (χ2n) is 9.44. The zero-order valence-corrected chi connectivity index (χ0v) is 18.4. The van der Waals surface area contributed by atoms with E-state index in [1.807, 2.05) is 31.1 Å². The van der Waals surface area contributed by atoms with Crippen molar-refractivity contribution in [3.8, 4) is 5.75 Å². The molecule has 3 aliphatic rings. The Hall–Kier alpha value is -2.28. The van der Waals surface area contributed by atoms with Gasteiger partial charge in [0.2, 0.25) is 5.91 Å². The third-order valence-electron chi connectivity index (χ3n) is 7.29. The average Bonchev–Trinajstić information content (AvgIpc) is 3.26. The minimum atomic E-state index is -0.153. The molecule has 3 unspecified atom stereocenters. The van der Waals surface area contributed by atoms with Gasteiger partial charge in [0.15, 0.2) is 0 Å². The maximum atomic E-state index is 13.0. The quantitative estimate of drug-likeness (QED) is 0.814. The summed E-state index contributed by atoms with van der Waals surface area (Å²) in [4.78, 5) is 30.9. The first kappa shape index (κ1) is 21.0. The topological polar surface area (TPSA) is 73.3 Å². The number of fused-ring (bicyclic) bond motifs is 2. The summed E-state index contributed by atoms with van der Waals surface area (Å²) in [6.45, 7) is 0.451. The normalized spacial score (nSPS) is 29.8. The smallest absolute Gasteiger partial charge is 0.253 e. The van der Waals surface area contributed by atoms with E-state index < -0.39 is 0 Å². The molecule has 1 N–H and O–H groups in total. The lowest BCUT2D eigenvalue weighted by molar-refractivity contribution is -0.132. The van der Waals surface area contributed by atoms with Crippen LogP contribution in [0.4, 0.5) is 5.69 Å². The molecule has 0 spiro atoms. The van der Waals surface area contributed by atoms with Crippen LogP contribution in [0.15, 0.2) is 18.2 Å². The Balaban J connectivity index is 1.40. The predicted molar refractivity (Wildman–Crippen MR) is 115 cm³/mol. The first-order valence-corrected chi connectivity index (χ1v) is 10.9. The lowest BCUT2D eigenvalue weighted by Crippen LogP contribution is -2.45. The number of nitrogens with zero attached hydrogens (tertiary/aromatic N) is 3. The van der Waals surface area contributed by atoms with Gasteiger partial charge < -0.3 is 24.5 Å². The first-order chi connectivity index (χ1) is 14.2. The number of aliphatic hydroxyl groups excluding tert-OH is 1. The van der Waals surface area contributed by atoms with E-state index in [0.29, 0.717) is 30.4 Å². The number of ether oxygens (including phenoxy) is 1. The molecule has 7 nitrogen and oxygen atoms in total. The van der Waals surface area contributed by atoms with Crippen molar-refractivity contribution in [3.05, 3.63) is 23.8 Å². The monoisotopic (exact) mass is 415 g/mol. The maximum Gasteiger partial charge on any atom is 0.253 e. The van der Waals surface area contributed by atoms with Crippen LogP contribution in [0, 0.1) is 11.8 Å². The molecule has 0 saturated heterocycles. The summed E-state index contributed by atoms with van der Waals surface area (Å²) >= 11 is 0. The highest BCUT2D eigenvalue weighted by molar-refractivity contribution is 5.95. The molecule has 0 aromatic heterocycles. The van der Waals surface area contributed by atoms with Crippen LogP contribution in [0.2, 0.25) is 0 Å². The molecule has 1 aliphatic heterocycles. The molecule has 1 aromatic carbocycles. The lowest BCUT2D eigenvalue weighted by atomic mass is 10.0. The second kappa shape index (κ2) is 8.10. The average molecular weight is 416 g/mol. The van der Waals surface area contributed by atoms with E-state index in [1.54, 1.807) is 25.1 Å². The van der Waals surface area contributed by atoms with Crippen molar-refractivity contribution in [2.75, 3.05) is 39.7 Å². The summed E-state index contributed by atoms with van der Waals surface area (Å²) in [5.41, 5.74) is 1.46. The van der Waals surface area contributed by atoms with Gasteiger partial charge in [-0.15, -0.1) is 0 Å². The Kier molecular flexibility index (Phi) is 5.66. The number of likely N-dealkylation sites (N-methyl/N-ethyl adjacent to an activating group) is 1. The van der Waals surface area contributed by atoms with Gasteiger partial charge in [0, 0.05) is 39.8 Å². The van der Waals surface area contributed by atoms with Gasteiger partial charge >= 0.3 is 0 Å². The maximum absolute atomic E-state index is 13.0. The van der Waals surface area contributed by atoms with Gasteiger partial charge in [0.25, 0.3) is 5.91 Å². The fourth-order valence-corrected chi connectivity index (χ4v) is 5.41. The fraction of sp³-hybridized carbons (Fsp3) is 0.652. The van der Waals surface area contributed by atoms with Gasteiger partial charge in [-0.1, -0.05) is 0 Å². The second-order valence-corrected chi connectivity index (χ2v) is 9.44. The number of aliphatic hydroxyl groups is 1. The van der Waals surface area contributed by atoms with E-state index >= 15 is 0 Å². The first-order valence-electron chi connectivity index (χ1n) is 10.9. The molecule has 0 radical (unpaired) electrons. The standard InChI is InChI=1S/C23H33N3O4/c1-24(2)23(29)14-5-6-21-20(11-14)25(3)18(13-30-21)12-22(28)26(4)17-7-15-9-19(27)10-16(15)8-17/h5-6,11,15-19,27H,7-10,12-13H2,1-4H3/t15-,16+,17?,18?,19?. The number of benzene rings is 1. The summed E-state index contributed by atoms with van der Waals surface area (Å²) in [5.74, 6) is 1.93. The molecule has 2 amide bonds. The van der Waals surface area contributed by atoms with E-state index in [4.69, 9.17) is 4.74 Å². The number of hydrogen-bond donors (Lipinski definition) is 1. The minimum absolute atomic E-state index is 0.0546. The Morgan fingerprint density at radius 2 is 1.80 bits per heavy atom. The van der Waals surface area contributed by atoms with Crippen molar-refractivity contribution in [1.29, 1.82) is 0 Å².